The molecule has 4 rings (SSSR count). The first-order valence-electron chi connectivity index (χ1n) is 19.6. The van der Waals surface area contributed by atoms with Crippen LogP contribution in [0, 0.1) is 17.8 Å². The monoisotopic (exact) mass is 705 g/mol. The molecule has 3 amide bonds. The number of hydrogen-bond donors (Lipinski definition) is 2. The molecular weight excluding hydrogens is 642 g/mol. The molecule has 2 heterocycles. The summed E-state index contributed by atoms with van der Waals surface area (Å²) in [6.07, 6.45) is 15.7. The molecule has 0 spiro atoms. The number of carbonyl (C=O) groups is 3. The quantitative estimate of drug-likeness (QED) is 0.189. The van der Waals surface area contributed by atoms with Gasteiger partial charge in [0.25, 0.3) is 0 Å². The van der Waals surface area contributed by atoms with Gasteiger partial charge in [-0.25, -0.2) is 0 Å². The first-order chi connectivity index (χ1) is 24.6. The summed E-state index contributed by atoms with van der Waals surface area (Å²) >= 11 is 0. The van der Waals surface area contributed by atoms with Crippen LogP contribution in [0.25, 0.3) is 0 Å². The molecule has 0 unspecified atom stereocenters. The zero-order valence-corrected chi connectivity index (χ0v) is 31.4. The lowest BCUT2D eigenvalue weighted by Gasteiger charge is -2.40. The maximum atomic E-state index is 14.3. The van der Waals surface area contributed by atoms with Gasteiger partial charge in [0, 0.05) is 70.2 Å². The largest absolute Gasteiger partial charge is 0.390 e. The van der Waals surface area contributed by atoms with Crippen molar-refractivity contribution in [1.29, 1.82) is 0 Å². The number of amides is 3. The van der Waals surface area contributed by atoms with Crippen molar-refractivity contribution in [2.45, 2.75) is 135 Å². The Morgan fingerprint density at radius 2 is 1.53 bits per heavy atom. The summed E-state index contributed by atoms with van der Waals surface area (Å²) in [5, 5.41) is 22.9. The Kier molecular flexibility index (Phi) is 16.8. The molecule has 2 saturated carbocycles. The van der Waals surface area contributed by atoms with E-state index in [1.807, 2.05) is 44.2 Å². The Balaban J connectivity index is 1.50. The van der Waals surface area contributed by atoms with E-state index in [0.29, 0.717) is 44.2 Å². The van der Waals surface area contributed by atoms with Crippen molar-refractivity contribution in [2.24, 2.45) is 17.8 Å². The fourth-order valence-corrected chi connectivity index (χ4v) is 7.86. The molecule has 0 aromatic carbocycles. The Bertz CT molecular complexity index is 1320. The van der Waals surface area contributed by atoms with Crippen LogP contribution in [-0.4, -0.2) is 97.5 Å². The Morgan fingerprint density at radius 1 is 0.843 bits per heavy atom. The van der Waals surface area contributed by atoms with Gasteiger partial charge in [-0.15, -0.1) is 0 Å². The lowest BCUT2D eigenvalue weighted by molar-refractivity contribution is -0.145. The summed E-state index contributed by atoms with van der Waals surface area (Å²) in [5.41, 5.74) is 1.74. The molecule has 2 aromatic heterocycles. The van der Waals surface area contributed by atoms with E-state index in [1.54, 1.807) is 40.3 Å². The van der Waals surface area contributed by atoms with E-state index in [9.17, 15) is 24.6 Å². The average Bonchev–Trinajstić information content (AvgIpc) is 3.14. The minimum absolute atomic E-state index is 0.0218. The third-order valence-corrected chi connectivity index (χ3v) is 10.9. The van der Waals surface area contributed by atoms with Crippen LogP contribution in [0.15, 0.2) is 48.9 Å². The van der Waals surface area contributed by atoms with Gasteiger partial charge < -0.3 is 24.9 Å². The van der Waals surface area contributed by atoms with Crippen molar-refractivity contribution in [3.8, 4) is 0 Å². The number of aliphatic hydroxyl groups is 2. The zero-order chi connectivity index (χ0) is 36.6. The Morgan fingerprint density at radius 3 is 2.16 bits per heavy atom. The lowest BCUT2D eigenvalue weighted by atomic mass is 9.81. The van der Waals surface area contributed by atoms with Crippen molar-refractivity contribution < 1.29 is 24.6 Å². The van der Waals surface area contributed by atoms with E-state index in [4.69, 9.17) is 0 Å². The van der Waals surface area contributed by atoms with Crippen LogP contribution in [0.3, 0.4) is 0 Å². The van der Waals surface area contributed by atoms with E-state index < -0.39 is 18.2 Å². The average molecular weight is 706 g/mol. The van der Waals surface area contributed by atoms with Crippen LogP contribution in [0.1, 0.15) is 115 Å². The van der Waals surface area contributed by atoms with Crippen molar-refractivity contribution in [3.63, 3.8) is 0 Å². The highest BCUT2D eigenvalue weighted by Crippen LogP contribution is 2.32. The third kappa shape index (κ3) is 13.6. The molecule has 10 heteroatoms. The normalized spacial score (nSPS) is 17.5. The summed E-state index contributed by atoms with van der Waals surface area (Å²) in [5.74, 6) is 0.296. The third-order valence-electron chi connectivity index (χ3n) is 10.9. The number of aliphatic hydroxyl groups excluding tert-OH is 2. The number of hydrogen-bond acceptors (Lipinski definition) is 7. The second-order valence-corrected chi connectivity index (χ2v) is 15.5. The molecule has 10 nitrogen and oxygen atoms in total. The zero-order valence-electron chi connectivity index (χ0n) is 31.4. The fraction of sp³-hybridized carbons (Fsp3) is 0.683. The molecule has 282 valence electrons. The number of rotatable bonds is 19. The highest BCUT2D eigenvalue weighted by atomic mass is 16.3. The van der Waals surface area contributed by atoms with Crippen LogP contribution < -0.4 is 0 Å². The van der Waals surface area contributed by atoms with Gasteiger partial charge in [0.05, 0.1) is 18.7 Å². The van der Waals surface area contributed by atoms with E-state index in [-0.39, 0.29) is 49.6 Å². The first-order valence-corrected chi connectivity index (χ1v) is 19.6. The topological polar surface area (TPSA) is 127 Å². The predicted molar refractivity (Wildman–Crippen MR) is 199 cm³/mol. The molecule has 0 bridgehead atoms. The molecule has 0 aliphatic heterocycles. The molecule has 2 aromatic rings. The highest BCUT2D eigenvalue weighted by Gasteiger charge is 2.36. The van der Waals surface area contributed by atoms with Gasteiger partial charge in [-0.1, -0.05) is 77.3 Å². The summed E-state index contributed by atoms with van der Waals surface area (Å²) in [6.45, 7) is 5.24. The van der Waals surface area contributed by atoms with Crippen molar-refractivity contribution in [3.05, 3.63) is 60.2 Å². The van der Waals surface area contributed by atoms with E-state index in [0.717, 1.165) is 62.6 Å². The predicted octanol–water partition coefficient (Wildman–Crippen LogP) is 5.80. The van der Waals surface area contributed by atoms with Crippen LogP contribution in [0.5, 0.6) is 0 Å². The first kappa shape index (κ1) is 40.4. The van der Waals surface area contributed by atoms with Gasteiger partial charge in [-0.05, 0) is 67.2 Å². The standard InChI is InChI=1S/C41H63N5O5/c1-31(2)25-37(47)41(51)36(26-32-13-6-4-7-14-32)46(29-34-17-12-22-42-27-34)39(49)20-19-38(48)45(28-33-15-8-5-9-16-33)30-40(50)44(3)24-21-35-18-10-11-23-43-35/h10-12,17-18,22-23,27,31-33,36-37,41,47,51H,4-9,13-16,19-21,24-26,28-30H2,1-3H3/t36-,37-,41+/m0/s1. The molecule has 2 aliphatic carbocycles. The molecule has 0 radical (unpaired) electrons. The minimum atomic E-state index is -1.12. The van der Waals surface area contributed by atoms with Crippen LogP contribution in [0.4, 0.5) is 0 Å². The van der Waals surface area contributed by atoms with Crippen molar-refractivity contribution in [1.82, 2.24) is 24.7 Å². The van der Waals surface area contributed by atoms with Gasteiger partial charge in [-0.2, -0.15) is 0 Å². The van der Waals surface area contributed by atoms with Crippen LogP contribution in [-0.2, 0) is 27.3 Å². The summed E-state index contributed by atoms with van der Waals surface area (Å²) in [4.78, 5) is 55.4. The molecule has 2 fully saturated rings. The smallest absolute Gasteiger partial charge is 0.241 e. The van der Waals surface area contributed by atoms with E-state index in [2.05, 4.69) is 9.97 Å². The second kappa shape index (κ2) is 21.2. The number of carbonyl (C=O) groups excluding carboxylic acids is 3. The minimum Gasteiger partial charge on any atom is -0.390 e. The Hall–Kier alpha value is -3.37. The van der Waals surface area contributed by atoms with Crippen LogP contribution in [0.2, 0.25) is 0 Å². The highest BCUT2D eigenvalue weighted by molar-refractivity contribution is 5.87. The summed E-state index contributed by atoms with van der Waals surface area (Å²) < 4.78 is 0. The number of pyridine rings is 2. The van der Waals surface area contributed by atoms with Gasteiger partial charge in [-0.3, -0.25) is 24.4 Å². The number of nitrogens with zero attached hydrogens (tertiary/aromatic N) is 5. The maximum Gasteiger partial charge on any atom is 0.241 e. The SMILES string of the molecule is CC(C)C[C@H](O)[C@H](O)[C@H](CC1CCCCC1)N(Cc1cccnc1)C(=O)CCC(=O)N(CC(=O)N(C)CCc1ccccn1)CC1CCCCC1. The fourth-order valence-electron chi connectivity index (χ4n) is 7.86. The molecule has 2 N–H and O–H groups in total. The Labute approximate surface area is 306 Å². The molecule has 0 saturated heterocycles. The van der Waals surface area contributed by atoms with E-state index in [1.165, 1.54) is 12.8 Å². The van der Waals surface area contributed by atoms with Gasteiger partial charge >= 0.3 is 0 Å². The maximum absolute atomic E-state index is 14.3. The van der Waals surface area contributed by atoms with Gasteiger partial charge in [0.1, 0.15) is 6.10 Å². The molecule has 3 atom stereocenters. The molecular formula is C41H63N5O5. The van der Waals surface area contributed by atoms with Crippen molar-refractivity contribution in [2.75, 3.05) is 26.7 Å². The second-order valence-electron chi connectivity index (χ2n) is 15.5. The van der Waals surface area contributed by atoms with E-state index >= 15 is 0 Å². The number of likely N-dealkylation sites (N-methyl/N-ethyl adjacent to an activating group) is 1. The lowest BCUT2D eigenvalue weighted by Crippen LogP contribution is -2.52. The number of aromatic nitrogens is 2. The van der Waals surface area contributed by atoms with Gasteiger partial charge in [0.2, 0.25) is 17.7 Å². The van der Waals surface area contributed by atoms with Crippen molar-refractivity contribution >= 4 is 17.7 Å². The molecule has 2 aliphatic rings. The van der Waals surface area contributed by atoms with Gasteiger partial charge in [0.15, 0.2) is 0 Å². The summed E-state index contributed by atoms with van der Waals surface area (Å²) in [7, 11) is 1.76. The molecule has 51 heavy (non-hydrogen) atoms. The summed E-state index contributed by atoms with van der Waals surface area (Å²) in [6, 6.07) is 8.88. The van der Waals surface area contributed by atoms with Crippen LogP contribution >= 0.6 is 0 Å².